The van der Waals surface area contributed by atoms with Crippen molar-refractivity contribution in [2.24, 2.45) is 0 Å². The van der Waals surface area contributed by atoms with Gasteiger partial charge in [0.2, 0.25) is 10.0 Å². The van der Waals surface area contributed by atoms with Gasteiger partial charge in [-0.3, -0.25) is 0 Å². The molecule has 0 radical (unpaired) electrons. The van der Waals surface area contributed by atoms with Crippen LogP contribution in [0.15, 0.2) is 57.9 Å². The minimum atomic E-state index is -3.52. The molecule has 0 bridgehead atoms. The van der Waals surface area contributed by atoms with Crippen LogP contribution in [0.1, 0.15) is 25.1 Å². The minimum Gasteiger partial charge on any atom is -0.376 e. The average molecular weight is 442 g/mol. The molecule has 3 aromatic rings. The number of benzene rings is 2. The van der Waals surface area contributed by atoms with Crippen molar-refractivity contribution in [1.82, 2.24) is 14.4 Å². The van der Waals surface area contributed by atoms with Gasteiger partial charge < -0.3 is 14.7 Å². The van der Waals surface area contributed by atoms with Gasteiger partial charge in [-0.1, -0.05) is 29.8 Å². The molecule has 4 rings (SSSR count). The summed E-state index contributed by atoms with van der Waals surface area (Å²) in [6, 6.07) is 14.8. The zero-order valence-electron chi connectivity index (χ0n) is 17.8. The van der Waals surface area contributed by atoms with Crippen molar-refractivity contribution in [3.8, 4) is 11.5 Å². The molecular formula is C22H27N5O3S. The quantitative estimate of drug-likeness (QED) is 0.599. The van der Waals surface area contributed by atoms with Crippen LogP contribution in [0.2, 0.25) is 0 Å². The van der Waals surface area contributed by atoms with Crippen molar-refractivity contribution in [1.29, 1.82) is 0 Å². The van der Waals surface area contributed by atoms with Gasteiger partial charge in [0.15, 0.2) is 5.82 Å². The predicted octanol–water partition coefficient (Wildman–Crippen LogP) is 3.59. The average Bonchev–Trinajstić information content (AvgIpc) is 3.28. The van der Waals surface area contributed by atoms with E-state index in [4.69, 9.17) is 4.52 Å². The summed E-state index contributed by atoms with van der Waals surface area (Å²) in [6.45, 7) is 1.46. The standard InChI is InChI=1S/C22H27N5O3S/c1-26(2)20-12-11-18(31(28,29)27-13-7-4-8-14-27)15-19(20)23-16-21-24-22(30-25-21)17-9-5-3-6-10-17/h3,5-6,9-12,15,23H,4,7-8,13-14,16H2,1-2H3. The van der Waals surface area contributed by atoms with Crippen LogP contribution in [-0.4, -0.2) is 50.0 Å². The van der Waals surface area contributed by atoms with E-state index in [9.17, 15) is 8.42 Å². The summed E-state index contributed by atoms with van der Waals surface area (Å²) in [7, 11) is 0.319. The third-order valence-electron chi connectivity index (χ3n) is 5.33. The maximum absolute atomic E-state index is 13.1. The molecule has 1 fully saturated rings. The second-order valence-electron chi connectivity index (χ2n) is 7.77. The minimum absolute atomic E-state index is 0.292. The number of nitrogens with one attached hydrogen (secondary N) is 1. The molecule has 0 amide bonds. The first kappa shape index (κ1) is 21.3. The van der Waals surface area contributed by atoms with E-state index in [1.165, 1.54) is 0 Å². The topological polar surface area (TPSA) is 91.6 Å². The van der Waals surface area contributed by atoms with Gasteiger partial charge in [0.1, 0.15) is 0 Å². The molecule has 0 atom stereocenters. The number of nitrogens with zero attached hydrogens (tertiary/aromatic N) is 4. The molecule has 1 aliphatic rings. The fraction of sp³-hybridized carbons (Fsp3) is 0.364. The molecule has 0 spiro atoms. The molecule has 1 aliphatic heterocycles. The number of anilines is 2. The number of rotatable bonds is 7. The number of piperidine rings is 1. The maximum Gasteiger partial charge on any atom is 0.257 e. The van der Waals surface area contributed by atoms with E-state index in [1.807, 2.05) is 55.4 Å². The highest BCUT2D eigenvalue weighted by Crippen LogP contribution is 2.30. The molecule has 8 nitrogen and oxygen atoms in total. The van der Waals surface area contributed by atoms with E-state index < -0.39 is 10.0 Å². The first-order valence-corrected chi connectivity index (χ1v) is 11.8. The normalized spacial score (nSPS) is 15.0. The van der Waals surface area contributed by atoms with E-state index >= 15 is 0 Å². The van der Waals surface area contributed by atoms with Crippen molar-refractivity contribution in [3.05, 3.63) is 54.4 Å². The Morgan fingerprint density at radius 2 is 1.81 bits per heavy atom. The van der Waals surface area contributed by atoms with Gasteiger partial charge in [-0.05, 0) is 43.2 Å². The Morgan fingerprint density at radius 1 is 1.06 bits per heavy atom. The highest BCUT2D eigenvalue weighted by atomic mass is 32.2. The van der Waals surface area contributed by atoms with Crippen LogP contribution in [0.25, 0.3) is 11.5 Å². The molecule has 1 saturated heterocycles. The van der Waals surface area contributed by atoms with Crippen LogP contribution in [-0.2, 0) is 16.6 Å². The van der Waals surface area contributed by atoms with Crippen molar-refractivity contribution >= 4 is 21.4 Å². The van der Waals surface area contributed by atoms with Gasteiger partial charge in [-0.25, -0.2) is 8.42 Å². The fourth-order valence-corrected chi connectivity index (χ4v) is 5.20. The van der Waals surface area contributed by atoms with Crippen LogP contribution in [0.4, 0.5) is 11.4 Å². The van der Waals surface area contributed by atoms with E-state index in [2.05, 4.69) is 15.5 Å². The smallest absolute Gasteiger partial charge is 0.257 e. The molecule has 1 aromatic heterocycles. The second-order valence-corrected chi connectivity index (χ2v) is 9.71. The Morgan fingerprint density at radius 3 is 2.52 bits per heavy atom. The van der Waals surface area contributed by atoms with Gasteiger partial charge in [-0.15, -0.1) is 0 Å². The summed E-state index contributed by atoms with van der Waals surface area (Å²) in [5, 5.41) is 7.32. The van der Waals surface area contributed by atoms with E-state index in [1.54, 1.807) is 16.4 Å². The summed E-state index contributed by atoms with van der Waals surface area (Å²) >= 11 is 0. The van der Waals surface area contributed by atoms with Gasteiger partial charge in [0.25, 0.3) is 5.89 Å². The zero-order valence-corrected chi connectivity index (χ0v) is 18.6. The third kappa shape index (κ3) is 4.72. The summed E-state index contributed by atoms with van der Waals surface area (Å²) in [6.07, 6.45) is 2.89. The third-order valence-corrected chi connectivity index (χ3v) is 7.22. The molecule has 2 heterocycles. The molecule has 31 heavy (non-hydrogen) atoms. The molecule has 164 valence electrons. The van der Waals surface area contributed by atoms with Gasteiger partial charge in [-0.2, -0.15) is 9.29 Å². The highest BCUT2D eigenvalue weighted by molar-refractivity contribution is 7.89. The Kier molecular flexibility index (Phi) is 6.24. The predicted molar refractivity (Wildman–Crippen MR) is 120 cm³/mol. The summed E-state index contributed by atoms with van der Waals surface area (Å²) in [5.74, 6) is 0.944. The molecule has 0 aliphatic carbocycles. The molecule has 0 saturated carbocycles. The summed E-state index contributed by atoms with van der Waals surface area (Å²) in [5.41, 5.74) is 2.43. The Labute approximate surface area is 182 Å². The van der Waals surface area contributed by atoms with E-state index in [0.29, 0.717) is 41.9 Å². The highest BCUT2D eigenvalue weighted by Gasteiger charge is 2.26. The first-order chi connectivity index (χ1) is 14.9. The van der Waals surface area contributed by atoms with Crippen molar-refractivity contribution < 1.29 is 12.9 Å². The van der Waals surface area contributed by atoms with E-state index in [-0.39, 0.29) is 0 Å². The van der Waals surface area contributed by atoms with Gasteiger partial charge in [0, 0.05) is 32.7 Å². The molecule has 1 N–H and O–H groups in total. The lowest BCUT2D eigenvalue weighted by molar-refractivity contribution is 0.346. The lowest BCUT2D eigenvalue weighted by Crippen LogP contribution is -2.35. The fourth-order valence-electron chi connectivity index (χ4n) is 3.66. The van der Waals surface area contributed by atoms with Crippen LogP contribution in [0.5, 0.6) is 0 Å². The maximum atomic E-state index is 13.1. The zero-order chi connectivity index (χ0) is 21.8. The van der Waals surface area contributed by atoms with Gasteiger partial charge >= 0.3 is 0 Å². The van der Waals surface area contributed by atoms with Crippen molar-refractivity contribution in [2.45, 2.75) is 30.7 Å². The number of sulfonamides is 1. The van der Waals surface area contributed by atoms with Crippen LogP contribution in [0.3, 0.4) is 0 Å². The van der Waals surface area contributed by atoms with Crippen molar-refractivity contribution in [2.75, 3.05) is 37.4 Å². The lowest BCUT2D eigenvalue weighted by Gasteiger charge is -2.26. The van der Waals surface area contributed by atoms with E-state index in [0.717, 1.165) is 30.5 Å². The van der Waals surface area contributed by atoms with Crippen LogP contribution >= 0.6 is 0 Å². The second kappa shape index (κ2) is 9.07. The summed E-state index contributed by atoms with van der Waals surface area (Å²) < 4.78 is 33.1. The molecular weight excluding hydrogens is 414 g/mol. The molecule has 9 heteroatoms. The Balaban J connectivity index is 1.56. The Hall–Kier alpha value is -2.91. The largest absolute Gasteiger partial charge is 0.376 e. The lowest BCUT2D eigenvalue weighted by atomic mass is 10.2. The van der Waals surface area contributed by atoms with Crippen LogP contribution in [0, 0.1) is 0 Å². The number of aromatic nitrogens is 2. The number of hydrogen-bond donors (Lipinski definition) is 1. The Bertz CT molecular complexity index is 1120. The SMILES string of the molecule is CN(C)c1ccc(S(=O)(=O)N2CCCCC2)cc1NCc1noc(-c2ccccc2)n1. The first-order valence-electron chi connectivity index (χ1n) is 10.4. The molecule has 0 unspecified atom stereocenters. The van der Waals surface area contributed by atoms with Crippen molar-refractivity contribution in [3.63, 3.8) is 0 Å². The van der Waals surface area contributed by atoms with Crippen LogP contribution < -0.4 is 10.2 Å². The number of hydrogen-bond acceptors (Lipinski definition) is 7. The monoisotopic (exact) mass is 441 g/mol. The van der Waals surface area contributed by atoms with Gasteiger partial charge in [0.05, 0.1) is 22.8 Å². The summed E-state index contributed by atoms with van der Waals surface area (Å²) in [4.78, 5) is 6.66. The molecule has 2 aromatic carbocycles.